The highest BCUT2D eigenvalue weighted by molar-refractivity contribution is 7.22. The van der Waals surface area contributed by atoms with Gasteiger partial charge in [0.05, 0.1) is 16.4 Å². The van der Waals surface area contributed by atoms with E-state index >= 15 is 0 Å². The maximum absolute atomic E-state index is 4.79. The van der Waals surface area contributed by atoms with Crippen LogP contribution in [0.4, 0.5) is 10.9 Å². The number of piperazine rings is 1. The number of hydrogen-bond acceptors (Lipinski definition) is 6. The van der Waals surface area contributed by atoms with Gasteiger partial charge in [0.2, 0.25) is 0 Å². The maximum atomic E-state index is 4.79. The van der Waals surface area contributed by atoms with Gasteiger partial charge in [0.1, 0.15) is 5.82 Å². The van der Waals surface area contributed by atoms with Crippen LogP contribution in [0.25, 0.3) is 15.9 Å². The molecular formula is C18H18N6S. The molecule has 25 heavy (non-hydrogen) atoms. The first kappa shape index (κ1) is 14.7. The van der Waals surface area contributed by atoms with Crippen LogP contribution in [-0.2, 0) is 0 Å². The topological polar surface area (TPSA) is 49.6 Å². The van der Waals surface area contributed by atoms with Crippen molar-refractivity contribution in [3.05, 3.63) is 48.3 Å². The van der Waals surface area contributed by atoms with Crippen LogP contribution in [0.3, 0.4) is 0 Å². The van der Waals surface area contributed by atoms with Crippen molar-refractivity contribution in [3.63, 3.8) is 0 Å². The van der Waals surface area contributed by atoms with Gasteiger partial charge >= 0.3 is 0 Å². The zero-order chi connectivity index (χ0) is 16.8. The van der Waals surface area contributed by atoms with Crippen molar-refractivity contribution in [2.24, 2.45) is 0 Å². The fourth-order valence-electron chi connectivity index (χ4n) is 3.37. The molecule has 4 heterocycles. The minimum Gasteiger partial charge on any atom is -0.353 e. The molecule has 0 N–H and O–H groups in total. The second-order valence-corrected chi connectivity index (χ2v) is 7.30. The SMILES string of the molecule is Cc1cc(N2CCN(c3nc4ccccc4s3)CC2)n2nccc2n1. The second-order valence-electron chi connectivity index (χ2n) is 6.30. The van der Waals surface area contributed by atoms with Gasteiger partial charge in [0, 0.05) is 44.0 Å². The van der Waals surface area contributed by atoms with Gasteiger partial charge < -0.3 is 9.80 Å². The summed E-state index contributed by atoms with van der Waals surface area (Å²) < 4.78 is 3.18. The fraction of sp³-hybridized carbons (Fsp3) is 0.278. The lowest BCUT2D eigenvalue weighted by molar-refractivity contribution is 0.637. The summed E-state index contributed by atoms with van der Waals surface area (Å²) in [6.45, 7) is 5.87. The number of rotatable bonds is 2. The van der Waals surface area contributed by atoms with Crippen LogP contribution in [0.15, 0.2) is 42.6 Å². The lowest BCUT2D eigenvalue weighted by Gasteiger charge is -2.35. The summed E-state index contributed by atoms with van der Waals surface area (Å²) in [6.07, 6.45) is 1.81. The number of nitrogens with zero attached hydrogens (tertiary/aromatic N) is 6. The number of para-hydroxylation sites is 1. The molecule has 5 rings (SSSR count). The van der Waals surface area contributed by atoms with E-state index < -0.39 is 0 Å². The van der Waals surface area contributed by atoms with Crippen LogP contribution in [0.5, 0.6) is 0 Å². The summed E-state index contributed by atoms with van der Waals surface area (Å²) in [5.41, 5.74) is 3.02. The third-order valence-electron chi connectivity index (χ3n) is 4.63. The molecule has 0 spiro atoms. The monoisotopic (exact) mass is 350 g/mol. The van der Waals surface area contributed by atoms with Crippen LogP contribution in [0.1, 0.15) is 5.69 Å². The third kappa shape index (κ3) is 2.51. The van der Waals surface area contributed by atoms with E-state index in [9.17, 15) is 0 Å². The first-order valence-electron chi connectivity index (χ1n) is 8.45. The van der Waals surface area contributed by atoms with Crippen LogP contribution in [0, 0.1) is 6.92 Å². The summed E-state index contributed by atoms with van der Waals surface area (Å²) >= 11 is 1.78. The Balaban J connectivity index is 1.39. The lowest BCUT2D eigenvalue weighted by atomic mass is 10.3. The van der Waals surface area contributed by atoms with Gasteiger partial charge in [-0.3, -0.25) is 0 Å². The van der Waals surface area contributed by atoms with E-state index in [1.165, 1.54) is 4.70 Å². The average Bonchev–Trinajstić information content (AvgIpc) is 3.27. The van der Waals surface area contributed by atoms with Gasteiger partial charge in [-0.05, 0) is 19.1 Å². The first-order chi connectivity index (χ1) is 12.3. The number of fused-ring (bicyclic) bond motifs is 2. The largest absolute Gasteiger partial charge is 0.353 e. The number of thiazole rings is 1. The van der Waals surface area contributed by atoms with E-state index in [4.69, 9.17) is 4.98 Å². The van der Waals surface area contributed by atoms with Crippen molar-refractivity contribution >= 4 is 38.2 Å². The van der Waals surface area contributed by atoms with E-state index in [1.807, 2.05) is 29.8 Å². The first-order valence-corrected chi connectivity index (χ1v) is 9.26. The lowest BCUT2D eigenvalue weighted by Crippen LogP contribution is -2.47. The Kier molecular flexibility index (Phi) is 3.34. The van der Waals surface area contributed by atoms with Crippen molar-refractivity contribution in [1.29, 1.82) is 0 Å². The Morgan fingerprint density at radius 1 is 0.960 bits per heavy atom. The molecule has 3 aromatic heterocycles. The summed E-state index contributed by atoms with van der Waals surface area (Å²) in [7, 11) is 0. The molecule has 6 nitrogen and oxygen atoms in total. The van der Waals surface area contributed by atoms with Gasteiger partial charge in [-0.1, -0.05) is 23.5 Å². The van der Waals surface area contributed by atoms with Crippen LogP contribution in [-0.4, -0.2) is 45.8 Å². The molecule has 1 aromatic carbocycles. The second kappa shape index (κ2) is 5.70. The molecule has 0 amide bonds. The highest BCUT2D eigenvalue weighted by atomic mass is 32.1. The molecule has 1 saturated heterocycles. The van der Waals surface area contributed by atoms with Crippen LogP contribution in [0.2, 0.25) is 0 Å². The van der Waals surface area contributed by atoms with Gasteiger partial charge in [0.25, 0.3) is 0 Å². The number of benzene rings is 1. The van der Waals surface area contributed by atoms with E-state index in [2.05, 4.69) is 44.1 Å². The predicted molar refractivity (Wildman–Crippen MR) is 102 cm³/mol. The zero-order valence-electron chi connectivity index (χ0n) is 14.0. The Morgan fingerprint density at radius 2 is 1.76 bits per heavy atom. The van der Waals surface area contributed by atoms with Crippen molar-refractivity contribution < 1.29 is 0 Å². The molecule has 4 aromatic rings. The molecular weight excluding hydrogens is 332 g/mol. The van der Waals surface area contributed by atoms with E-state index in [-0.39, 0.29) is 0 Å². The van der Waals surface area contributed by atoms with E-state index in [0.29, 0.717) is 0 Å². The number of aryl methyl sites for hydroxylation is 1. The highest BCUT2D eigenvalue weighted by Gasteiger charge is 2.22. The maximum Gasteiger partial charge on any atom is 0.186 e. The molecule has 0 atom stereocenters. The molecule has 0 aliphatic carbocycles. The number of aromatic nitrogens is 4. The fourth-order valence-corrected chi connectivity index (χ4v) is 4.38. The Morgan fingerprint density at radius 3 is 2.60 bits per heavy atom. The van der Waals surface area contributed by atoms with Crippen molar-refractivity contribution in [2.75, 3.05) is 36.0 Å². The molecule has 0 radical (unpaired) electrons. The minimum atomic E-state index is 0.906. The van der Waals surface area contributed by atoms with Gasteiger partial charge in [-0.25, -0.2) is 9.97 Å². The molecule has 0 bridgehead atoms. The van der Waals surface area contributed by atoms with Crippen LogP contribution < -0.4 is 9.80 Å². The van der Waals surface area contributed by atoms with Gasteiger partial charge in [-0.15, -0.1) is 0 Å². The summed E-state index contributed by atoms with van der Waals surface area (Å²) in [4.78, 5) is 14.1. The zero-order valence-corrected chi connectivity index (χ0v) is 14.8. The molecule has 7 heteroatoms. The molecule has 0 saturated carbocycles. The number of anilines is 2. The Bertz CT molecular complexity index is 1010. The Labute approximate surface area is 149 Å². The smallest absolute Gasteiger partial charge is 0.186 e. The van der Waals surface area contributed by atoms with Crippen molar-refractivity contribution in [1.82, 2.24) is 19.6 Å². The van der Waals surface area contributed by atoms with Crippen molar-refractivity contribution in [3.8, 4) is 0 Å². The van der Waals surface area contributed by atoms with Crippen LogP contribution >= 0.6 is 11.3 Å². The normalized spacial score (nSPS) is 15.4. The third-order valence-corrected chi connectivity index (χ3v) is 5.72. The van der Waals surface area contributed by atoms with Crippen molar-refractivity contribution in [2.45, 2.75) is 6.92 Å². The molecule has 0 unspecified atom stereocenters. The predicted octanol–water partition coefficient (Wildman–Crippen LogP) is 2.97. The van der Waals surface area contributed by atoms with Gasteiger partial charge in [-0.2, -0.15) is 9.61 Å². The molecule has 126 valence electrons. The summed E-state index contributed by atoms with van der Waals surface area (Å²) in [6, 6.07) is 12.4. The minimum absolute atomic E-state index is 0.906. The molecule has 1 fully saturated rings. The molecule has 1 aliphatic heterocycles. The average molecular weight is 350 g/mol. The Hall–Kier alpha value is -2.67. The van der Waals surface area contributed by atoms with Gasteiger partial charge in [0.15, 0.2) is 10.8 Å². The quantitative estimate of drug-likeness (QED) is 0.556. The van der Waals surface area contributed by atoms with E-state index in [1.54, 1.807) is 11.3 Å². The standard InChI is InChI=1S/C18H18N6S/c1-13-12-17(24-16(20-13)6-7-19-24)22-8-10-23(11-9-22)18-21-14-4-2-3-5-15(14)25-18/h2-7,12H,8-11H2,1H3. The summed E-state index contributed by atoms with van der Waals surface area (Å²) in [5, 5.41) is 5.55. The molecule has 1 aliphatic rings. The highest BCUT2D eigenvalue weighted by Crippen LogP contribution is 2.29. The van der Waals surface area contributed by atoms with E-state index in [0.717, 1.165) is 54.0 Å². The number of hydrogen-bond donors (Lipinski definition) is 0. The summed E-state index contributed by atoms with van der Waals surface area (Å²) in [5.74, 6) is 1.12.